The van der Waals surface area contributed by atoms with Gasteiger partial charge in [-0.05, 0) is 31.2 Å². The maximum atomic E-state index is 12.4. The molecule has 6 heteroatoms. The summed E-state index contributed by atoms with van der Waals surface area (Å²) in [5.74, 6) is -0.558. The Morgan fingerprint density at radius 2 is 2.10 bits per heavy atom. The fourth-order valence-corrected chi connectivity index (χ4v) is 2.19. The molecule has 1 saturated heterocycles. The quantitative estimate of drug-likeness (QED) is 0.842. The van der Waals surface area contributed by atoms with Crippen molar-refractivity contribution >= 4 is 11.9 Å². The first kappa shape index (κ1) is 14.3. The Morgan fingerprint density at radius 3 is 2.70 bits per heavy atom. The van der Waals surface area contributed by atoms with Gasteiger partial charge in [-0.1, -0.05) is 0 Å². The number of ether oxygens (including phenoxy) is 1. The zero-order valence-corrected chi connectivity index (χ0v) is 11.3. The summed E-state index contributed by atoms with van der Waals surface area (Å²) in [6.45, 7) is 3.72. The molecule has 0 bridgehead atoms. The molecule has 1 aliphatic heterocycles. The smallest absolute Gasteiger partial charge is 0.327 e. The van der Waals surface area contributed by atoms with Crippen molar-refractivity contribution in [1.29, 1.82) is 0 Å². The lowest BCUT2D eigenvalue weighted by Gasteiger charge is -2.33. The molecule has 1 aliphatic rings. The van der Waals surface area contributed by atoms with E-state index in [2.05, 4.69) is 5.32 Å². The molecule has 1 fully saturated rings. The SMILES string of the molecule is CCOc1ccc(C(=O)N2CCNCC2C(=O)O)cc1. The number of nitrogens with one attached hydrogen (secondary N) is 1. The van der Waals surface area contributed by atoms with Gasteiger partial charge in [0.25, 0.3) is 5.91 Å². The molecule has 1 aromatic rings. The van der Waals surface area contributed by atoms with Crippen LogP contribution in [0.2, 0.25) is 0 Å². The zero-order valence-electron chi connectivity index (χ0n) is 11.3. The molecule has 0 aliphatic carbocycles. The third-order valence-electron chi connectivity index (χ3n) is 3.20. The molecule has 1 aromatic carbocycles. The fourth-order valence-electron chi connectivity index (χ4n) is 2.19. The molecule has 1 amide bonds. The second-order valence-electron chi connectivity index (χ2n) is 4.51. The van der Waals surface area contributed by atoms with E-state index in [0.29, 0.717) is 31.0 Å². The molecule has 20 heavy (non-hydrogen) atoms. The minimum absolute atomic E-state index is 0.262. The summed E-state index contributed by atoms with van der Waals surface area (Å²) in [7, 11) is 0. The van der Waals surface area contributed by atoms with Gasteiger partial charge < -0.3 is 20.1 Å². The Balaban J connectivity index is 2.14. The number of amides is 1. The molecule has 1 heterocycles. The first-order chi connectivity index (χ1) is 9.63. The van der Waals surface area contributed by atoms with Gasteiger partial charge in [-0.25, -0.2) is 4.79 Å². The highest BCUT2D eigenvalue weighted by Gasteiger charge is 2.32. The van der Waals surface area contributed by atoms with E-state index in [-0.39, 0.29) is 12.5 Å². The van der Waals surface area contributed by atoms with Crippen LogP contribution in [0.15, 0.2) is 24.3 Å². The summed E-state index contributed by atoms with van der Waals surface area (Å²) in [6, 6.07) is 5.94. The van der Waals surface area contributed by atoms with Crippen LogP contribution in [0.4, 0.5) is 0 Å². The highest BCUT2D eigenvalue weighted by atomic mass is 16.5. The predicted octanol–water partition coefficient (Wildman–Crippen LogP) is 0.584. The normalized spacial score (nSPS) is 18.6. The third-order valence-corrected chi connectivity index (χ3v) is 3.20. The number of carboxylic acids is 1. The van der Waals surface area contributed by atoms with E-state index in [9.17, 15) is 9.59 Å². The van der Waals surface area contributed by atoms with E-state index in [1.54, 1.807) is 24.3 Å². The predicted molar refractivity (Wildman–Crippen MR) is 72.9 cm³/mol. The van der Waals surface area contributed by atoms with E-state index in [0.717, 1.165) is 0 Å². The second-order valence-corrected chi connectivity index (χ2v) is 4.51. The van der Waals surface area contributed by atoms with Crippen molar-refractivity contribution in [3.05, 3.63) is 29.8 Å². The van der Waals surface area contributed by atoms with Gasteiger partial charge in [0.1, 0.15) is 11.8 Å². The largest absolute Gasteiger partial charge is 0.494 e. The van der Waals surface area contributed by atoms with Crippen LogP contribution in [0.3, 0.4) is 0 Å². The van der Waals surface area contributed by atoms with Gasteiger partial charge in [0.2, 0.25) is 0 Å². The van der Waals surface area contributed by atoms with Crippen molar-refractivity contribution in [3.8, 4) is 5.75 Å². The van der Waals surface area contributed by atoms with Crippen LogP contribution in [0, 0.1) is 0 Å². The highest BCUT2D eigenvalue weighted by molar-refractivity contribution is 5.96. The van der Waals surface area contributed by atoms with Gasteiger partial charge in [0, 0.05) is 25.2 Å². The van der Waals surface area contributed by atoms with Crippen LogP contribution in [-0.2, 0) is 4.79 Å². The van der Waals surface area contributed by atoms with E-state index in [1.807, 2.05) is 6.92 Å². The Morgan fingerprint density at radius 1 is 1.40 bits per heavy atom. The average Bonchev–Trinajstić information content (AvgIpc) is 2.47. The van der Waals surface area contributed by atoms with Crippen molar-refractivity contribution in [3.63, 3.8) is 0 Å². The summed E-state index contributed by atoms with van der Waals surface area (Å²) < 4.78 is 5.32. The van der Waals surface area contributed by atoms with Crippen molar-refractivity contribution in [2.75, 3.05) is 26.2 Å². The third kappa shape index (κ3) is 3.08. The van der Waals surface area contributed by atoms with Gasteiger partial charge in [-0.2, -0.15) is 0 Å². The second kappa shape index (κ2) is 6.38. The van der Waals surface area contributed by atoms with E-state index >= 15 is 0 Å². The van der Waals surface area contributed by atoms with Crippen LogP contribution in [-0.4, -0.2) is 54.2 Å². The summed E-state index contributed by atoms with van der Waals surface area (Å²) in [5.41, 5.74) is 0.474. The fraction of sp³-hybridized carbons (Fsp3) is 0.429. The van der Waals surface area contributed by atoms with Crippen LogP contribution in [0.1, 0.15) is 17.3 Å². The summed E-state index contributed by atoms with van der Waals surface area (Å²) in [5, 5.41) is 12.1. The molecule has 2 rings (SSSR count). The maximum absolute atomic E-state index is 12.4. The molecule has 2 N–H and O–H groups in total. The number of carbonyl (C=O) groups is 2. The lowest BCUT2D eigenvalue weighted by atomic mass is 10.1. The minimum atomic E-state index is -0.989. The molecule has 0 aromatic heterocycles. The van der Waals surface area contributed by atoms with Crippen molar-refractivity contribution in [2.24, 2.45) is 0 Å². The number of carbonyl (C=O) groups excluding carboxylic acids is 1. The van der Waals surface area contributed by atoms with Gasteiger partial charge in [0.15, 0.2) is 0 Å². The Hall–Kier alpha value is -2.08. The number of hydrogen-bond acceptors (Lipinski definition) is 4. The number of piperazine rings is 1. The molecule has 1 unspecified atom stereocenters. The summed E-state index contributed by atoms with van der Waals surface area (Å²) >= 11 is 0. The summed E-state index contributed by atoms with van der Waals surface area (Å²) in [6.07, 6.45) is 0. The number of rotatable bonds is 4. The van der Waals surface area contributed by atoms with Crippen molar-refractivity contribution in [1.82, 2.24) is 10.2 Å². The van der Waals surface area contributed by atoms with Crippen LogP contribution in [0.5, 0.6) is 5.75 Å². The van der Waals surface area contributed by atoms with Crippen molar-refractivity contribution < 1.29 is 19.4 Å². The Bertz CT molecular complexity index is 486. The monoisotopic (exact) mass is 278 g/mol. The first-order valence-electron chi connectivity index (χ1n) is 6.61. The molecule has 1 atom stereocenters. The van der Waals surface area contributed by atoms with Crippen LogP contribution < -0.4 is 10.1 Å². The average molecular weight is 278 g/mol. The molecule has 0 radical (unpaired) electrons. The number of hydrogen-bond donors (Lipinski definition) is 2. The van der Waals surface area contributed by atoms with Gasteiger partial charge in [-0.3, -0.25) is 4.79 Å². The van der Waals surface area contributed by atoms with E-state index in [4.69, 9.17) is 9.84 Å². The van der Waals surface area contributed by atoms with E-state index < -0.39 is 12.0 Å². The maximum Gasteiger partial charge on any atom is 0.327 e. The molecular weight excluding hydrogens is 260 g/mol. The topological polar surface area (TPSA) is 78.9 Å². The van der Waals surface area contributed by atoms with E-state index in [1.165, 1.54) is 4.90 Å². The molecule has 0 spiro atoms. The zero-order chi connectivity index (χ0) is 14.5. The van der Waals surface area contributed by atoms with Gasteiger partial charge in [-0.15, -0.1) is 0 Å². The van der Waals surface area contributed by atoms with Gasteiger partial charge in [0.05, 0.1) is 6.61 Å². The standard InChI is InChI=1S/C14H18N2O4/c1-2-20-11-5-3-10(4-6-11)13(17)16-8-7-15-9-12(16)14(18)19/h3-6,12,15H,2,7-9H2,1H3,(H,18,19). The molecule has 0 saturated carbocycles. The molecule has 6 nitrogen and oxygen atoms in total. The Labute approximate surface area is 117 Å². The highest BCUT2D eigenvalue weighted by Crippen LogP contribution is 2.15. The van der Waals surface area contributed by atoms with Gasteiger partial charge >= 0.3 is 5.97 Å². The summed E-state index contributed by atoms with van der Waals surface area (Å²) in [4.78, 5) is 25.0. The van der Waals surface area contributed by atoms with Crippen LogP contribution >= 0.6 is 0 Å². The van der Waals surface area contributed by atoms with Crippen LogP contribution in [0.25, 0.3) is 0 Å². The molecular formula is C14H18N2O4. The number of carboxylic acid groups (broad SMARTS) is 1. The first-order valence-corrected chi connectivity index (χ1v) is 6.61. The number of benzene rings is 1. The minimum Gasteiger partial charge on any atom is -0.494 e. The lowest BCUT2D eigenvalue weighted by molar-refractivity contribution is -0.142. The number of nitrogens with zero attached hydrogens (tertiary/aromatic N) is 1. The molecule has 108 valence electrons. The van der Waals surface area contributed by atoms with Crippen molar-refractivity contribution in [2.45, 2.75) is 13.0 Å². The lowest BCUT2D eigenvalue weighted by Crippen LogP contribution is -2.56. The number of aliphatic carboxylic acids is 1. The Kier molecular flexibility index (Phi) is 4.57.